The molecule has 1 unspecified atom stereocenters. The summed E-state index contributed by atoms with van der Waals surface area (Å²) in [5.41, 5.74) is 3.29. The molecule has 2 aromatic rings. The third-order valence-corrected chi connectivity index (χ3v) is 4.47. The van der Waals surface area contributed by atoms with E-state index < -0.39 is 0 Å². The van der Waals surface area contributed by atoms with Gasteiger partial charge in [-0.1, -0.05) is 60.7 Å². The van der Waals surface area contributed by atoms with Gasteiger partial charge in [-0.3, -0.25) is 4.99 Å². The molecule has 2 rings (SSSR count). The van der Waals surface area contributed by atoms with Gasteiger partial charge < -0.3 is 37.8 Å². The van der Waals surface area contributed by atoms with E-state index in [0.717, 1.165) is 19.4 Å². The fourth-order valence-corrected chi connectivity index (χ4v) is 2.79. The molecule has 2 N–H and O–H groups in total. The molecule has 184 valence electrons. The van der Waals surface area contributed by atoms with Crippen LogP contribution in [-0.4, -0.2) is 73.4 Å². The van der Waals surface area contributed by atoms with Crippen molar-refractivity contribution in [2.45, 2.75) is 45.6 Å². The zero-order valence-electron chi connectivity index (χ0n) is 22.0. The van der Waals surface area contributed by atoms with E-state index in [4.69, 9.17) is 24.1 Å². The number of hydrogen-bond acceptors (Lipinski definition) is 7. The fraction of sp³-hybridized carbons (Fsp3) is 0.480. The van der Waals surface area contributed by atoms with Gasteiger partial charge in [0.1, 0.15) is 0 Å². The van der Waals surface area contributed by atoms with E-state index in [-0.39, 0.29) is 56.6 Å². The van der Waals surface area contributed by atoms with Crippen LogP contribution in [-0.2, 0) is 32.0 Å². The summed E-state index contributed by atoms with van der Waals surface area (Å²) < 4.78 is 20.5. The molecule has 0 bridgehead atoms. The monoisotopic (exact) mass is 482 g/mol. The minimum atomic E-state index is -0.339. The predicted octanol–water partition coefficient (Wildman–Crippen LogP) is 0.282. The first-order chi connectivity index (χ1) is 15.5. The second-order valence-corrected chi connectivity index (χ2v) is 6.74. The maximum absolute atomic E-state index is 7.00. The Morgan fingerprint density at radius 2 is 1.26 bits per heavy atom. The molecule has 0 amide bonds. The van der Waals surface area contributed by atoms with Crippen LogP contribution in [0.3, 0.4) is 0 Å². The smallest absolute Gasteiger partial charge is 1.00 e. The molecule has 0 saturated heterocycles. The number of nitrogens with one attached hydrogen (secondary N) is 1. The average Bonchev–Trinajstić information content (AvgIpc) is 2.86. The van der Waals surface area contributed by atoms with Crippen LogP contribution in [0.1, 0.15) is 25.0 Å². The Balaban J connectivity index is -0.000000499. The third kappa shape index (κ3) is 16.5. The van der Waals surface area contributed by atoms with Gasteiger partial charge in [-0.2, -0.15) is 0 Å². The Bertz CT molecular complexity index is 703. The van der Waals surface area contributed by atoms with Crippen molar-refractivity contribution in [3.8, 4) is 0 Å². The number of hydrogen-bond donors (Lipinski definition) is 2. The molecule has 0 aliphatic heterocycles. The fourth-order valence-electron chi connectivity index (χ4n) is 2.79. The second-order valence-electron chi connectivity index (χ2n) is 6.74. The molecular formula is C25H40BN2NaO5. The van der Waals surface area contributed by atoms with Crippen LogP contribution in [0.25, 0.3) is 0 Å². The molecule has 9 heteroatoms. The Kier molecular flexibility index (Phi) is 27.6. The van der Waals surface area contributed by atoms with Gasteiger partial charge in [-0.15, -0.1) is 0 Å². The maximum Gasteiger partial charge on any atom is 1.00 e. The van der Waals surface area contributed by atoms with Crippen molar-refractivity contribution in [3.63, 3.8) is 0 Å². The van der Waals surface area contributed by atoms with Crippen LogP contribution >= 0.6 is 0 Å². The zero-order valence-corrected chi connectivity index (χ0v) is 24.0. The van der Waals surface area contributed by atoms with E-state index in [1.807, 2.05) is 62.4 Å². The number of aliphatic hydroxyl groups excluding tert-OH is 1. The number of ether oxygens (including phenoxy) is 4. The number of benzene rings is 2. The molecule has 0 aliphatic carbocycles. The van der Waals surface area contributed by atoms with Crippen molar-refractivity contribution in [1.29, 1.82) is 0 Å². The quantitative estimate of drug-likeness (QED) is 0.272. The molecule has 0 fully saturated rings. The Morgan fingerprint density at radius 3 is 1.68 bits per heavy atom. The van der Waals surface area contributed by atoms with Gasteiger partial charge in [-0.25, -0.2) is 0 Å². The van der Waals surface area contributed by atoms with Crippen molar-refractivity contribution < 1.29 is 53.6 Å². The summed E-state index contributed by atoms with van der Waals surface area (Å²) in [5, 5.41) is 10.4. The largest absolute Gasteiger partial charge is 1.00 e. The van der Waals surface area contributed by atoms with Crippen LogP contribution in [0.4, 0.5) is 0 Å². The van der Waals surface area contributed by atoms with Crippen molar-refractivity contribution in [1.82, 2.24) is 5.32 Å². The average molecular weight is 482 g/mol. The first-order valence-electron chi connectivity index (χ1n) is 10.4. The minimum Gasteiger partial charge on any atom is -1.00 e. The number of nitrogens with zero attached hydrogens (tertiary/aromatic N) is 1. The first-order valence-corrected chi connectivity index (χ1v) is 10.4. The van der Waals surface area contributed by atoms with E-state index in [0.29, 0.717) is 6.54 Å². The predicted molar refractivity (Wildman–Crippen MR) is 136 cm³/mol. The number of aliphatic imine (C=N–C) groups is 1. The maximum atomic E-state index is 7.00. The second kappa shape index (κ2) is 25.0. The summed E-state index contributed by atoms with van der Waals surface area (Å²) >= 11 is 0. The molecule has 0 aliphatic rings. The van der Waals surface area contributed by atoms with Crippen molar-refractivity contribution >= 4 is 14.1 Å². The first kappa shape index (κ1) is 37.5. The number of rotatable bonds is 11. The third-order valence-electron chi connectivity index (χ3n) is 4.47. The molecular weight excluding hydrogens is 442 g/mol. The van der Waals surface area contributed by atoms with Crippen molar-refractivity contribution in [2.75, 3.05) is 35.5 Å². The zero-order chi connectivity index (χ0) is 24.2. The van der Waals surface area contributed by atoms with Crippen molar-refractivity contribution in [2.24, 2.45) is 4.99 Å². The van der Waals surface area contributed by atoms with Gasteiger partial charge in [0.2, 0.25) is 0 Å². The Hall–Kier alpha value is -1.07. The SMILES string of the molecule is CO.COC(OC)C(C)=NCc1ccccc1.COC(OC)C(C)NCc1ccccc1.[B-].[Na+]. The standard InChI is InChI=1S/C12H19NO2.C12H17NO2.CH4O.B.Na/c2*1-10(12(14-2)15-3)13-9-11-7-5-4-6-8-11;1-2;;/h4-8,10,12-13H,9H2,1-3H3;4-8,12H,9H2,1-3H3;2H,1H3;;/q;;;-1;+1. The molecule has 7 nitrogen and oxygen atoms in total. The van der Waals surface area contributed by atoms with Gasteiger partial charge in [0.15, 0.2) is 12.6 Å². The number of methoxy groups -OCH3 is 4. The summed E-state index contributed by atoms with van der Waals surface area (Å²) in [6.07, 6.45) is -0.539. The van der Waals surface area contributed by atoms with E-state index >= 15 is 0 Å². The Morgan fingerprint density at radius 1 is 0.824 bits per heavy atom. The van der Waals surface area contributed by atoms with Crippen LogP contribution < -0.4 is 34.9 Å². The summed E-state index contributed by atoms with van der Waals surface area (Å²) in [6.45, 7) is 5.43. The van der Waals surface area contributed by atoms with Gasteiger partial charge in [0, 0.05) is 42.1 Å². The topological polar surface area (TPSA) is 81.5 Å². The summed E-state index contributed by atoms with van der Waals surface area (Å²) in [6, 6.07) is 20.5. The van der Waals surface area contributed by atoms with E-state index in [1.54, 1.807) is 28.4 Å². The minimum absolute atomic E-state index is 0. The van der Waals surface area contributed by atoms with Crippen LogP contribution in [0.5, 0.6) is 0 Å². The van der Waals surface area contributed by atoms with Crippen molar-refractivity contribution in [3.05, 3.63) is 71.8 Å². The molecule has 1 atom stereocenters. The van der Waals surface area contributed by atoms with Gasteiger partial charge >= 0.3 is 29.6 Å². The van der Waals surface area contributed by atoms with Gasteiger partial charge in [-0.05, 0) is 25.0 Å². The number of aliphatic hydroxyl groups is 1. The van der Waals surface area contributed by atoms with Crippen LogP contribution in [0, 0.1) is 0 Å². The van der Waals surface area contributed by atoms with Crippen LogP contribution in [0.2, 0.25) is 0 Å². The molecule has 0 saturated carbocycles. The molecule has 4 radical (unpaired) electrons. The summed E-state index contributed by atoms with van der Waals surface area (Å²) in [5.74, 6) is 0. The van der Waals surface area contributed by atoms with Crippen LogP contribution in [0.15, 0.2) is 65.7 Å². The molecule has 0 heterocycles. The van der Waals surface area contributed by atoms with Gasteiger partial charge in [0.25, 0.3) is 0 Å². The Labute approximate surface area is 230 Å². The van der Waals surface area contributed by atoms with E-state index in [9.17, 15) is 0 Å². The summed E-state index contributed by atoms with van der Waals surface area (Å²) in [4.78, 5) is 4.40. The molecule has 0 spiro atoms. The van der Waals surface area contributed by atoms with E-state index in [1.165, 1.54) is 11.1 Å². The summed E-state index contributed by atoms with van der Waals surface area (Å²) in [7, 11) is 7.51. The van der Waals surface area contributed by atoms with Gasteiger partial charge in [0.05, 0.1) is 18.3 Å². The molecule has 0 aromatic heterocycles. The van der Waals surface area contributed by atoms with E-state index in [2.05, 4.69) is 22.4 Å². The molecule has 34 heavy (non-hydrogen) atoms. The normalized spacial score (nSPS) is 11.3. The molecule has 2 aromatic carbocycles.